The van der Waals surface area contributed by atoms with Crippen molar-refractivity contribution in [3.05, 3.63) is 47.3 Å². The van der Waals surface area contributed by atoms with E-state index in [4.69, 9.17) is 0 Å². The van der Waals surface area contributed by atoms with Crippen LogP contribution in [0.3, 0.4) is 0 Å². The van der Waals surface area contributed by atoms with Crippen LogP contribution in [0.25, 0.3) is 5.69 Å². The van der Waals surface area contributed by atoms with Crippen LogP contribution in [0.1, 0.15) is 30.8 Å². The van der Waals surface area contributed by atoms with Gasteiger partial charge in [0.25, 0.3) is 0 Å². The lowest BCUT2D eigenvalue weighted by molar-refractivity contribution is 0.576. The molecule has 1 aromatic carbocycles. The van der Waals surface area contributed by atoms with Crippen molar-refractivity contribution in [3.63, 3.8) is 0 Å². The Bertz CT molecular complexity index is 573. The molecule has 3 nitrogen and oxygen atoms in total. The first-order valence-corrected chi connectivity index (χ1v) is 6.52. The molecule has 4 heteroatoms. The van der Waals surface area contributed by atoms with Gasteiger partial charge in [-0.25, -0.2) is 9.37 Å². The number of hydrogen-bond donors (Lipinski definition) is 1. The van der Waals surface area contributed by atoms with Gasteiger partial charge in [-0.1, -0.05) is 26.0 Å². The van der Waals surface area contributed by atoms with E-state index >= 15 is 0 Å². The van der Waals surface area contributed by atoms with Crippen molar-refractivity contribution in [2.24, 2.45) is 0 Å². The van der Waals surface area contributed by atoms with Gasteiger partial charge in [0.2, 0.25) is 0 Å². The molecule has 0 unspecified atom stereocenters. The number of para-hydroxylation sites is 1. The summed E-state index contributed by atoms with van der Waals surface area (Å²) >= 11 is 0. The monoisotopic (exact) mass is 261 g/mol. The molecule has 2 rings (SSSR count). The zero-order chi connectivity index (χ0) is 14.0. The van der Waals surface area contributed by atoms with Gasteiger partial charge in [-0.3, -0.25) is 0 Å². The molecule has 0 atom stereocenters. The van der Waals surface area contributed by atoms with Crippen LogP contribution in [0.5, 0.6) is 0 Å². The number of hydrogen-bond acceptors (Lipinski definition) is 2. The molecule has 1 heterocycles. The number of nitrogens with one attached hydrogen (secondary N) is 1. The summed E-state index contributed by atoms with van der Waals surface area (Å²) < 4.78 is 16.0. The highest BCUT2D eigenvalue weighted by atomic mass is 19.1. The SMILES string of the molecule is Cc1ncn(-c2c(F)cccc2CNC(C)C)c1C. The van der Waals surface area contributed by atoms with Crippen LogP contribution >= 0.6 is 0 Å². The second kappa shape index (κ2) is 5.53. The molecule has 0 amide bonds. The Morgan fingerprint density at radius 3 is 2.63 bits per heavy atom. The highest BCUT2D eigenvalue weighted by Crippen LogP contribution is 2.21. The summed E-state index contributed by atoms with van der Waals surface area (Å²) in [6, 6.07) is 5.54. The van der Waals surface area contributed by atoms with E-state index in [0.29, 0.717) is 18.3 Å². The summed E-state index contributed by atoms with van der Waals surface area (Å²) in [6.07, 6.45) is 1.68. The van der Waals surface area contributed by atoms with Gasteiger partial charge >= 0.3 is 0 Å². The van der Waals surface area contributed by atoms with E-state index in [2.05, 4.69) is 24.1 Å². The Labute approximate surface area is 113 Å². The standard InChI is InChI=1S/C15H20FN3/c1-10(2)17-8-13-6-5-7-14(16)15(13)19-9-18-11(3)12(19)4/h5-7,9-10,17H,8H2,1-4H3. The van der Waals surface area contributed by atoms with E-state index < -0.39 is 0 Å². The fourth-order valence-electron chi connectivity index (χ4n) is 2.01. The zero-order valence-corrected chi connectivity index (χ0v) is 11.9. The zero-order valence-electron chi connectivity index (χ0n) is 11.9. The molecule has 0 fully saturated rings. The fraction of sp³-hybridized carbons (Fsp3) is 0.400. The third-order valence-electron chi connectivity index (χ3n) is 3.26. The number of halogens is 1. The van der Waals surface area contributed by atoms with Crippen LogP contribution in [0.2, 0.25) is 0 Å². The van der Waals surface area contributed by atoms with Gasteiger partial charge in [0, 0.05) is 18.3 Å². The maximum Gasteiger partial charge on any atom is 0.147 e. The van der Waals surface area contributed by atoms with E-state index in [1.807, 2.05) is 24.5 Å². The molecular formula is C15H20FN3. The highest BCUT2D eigenvalue weighted by Gasteiger charge is 2.13. The van der Waals surface area contributed by atoms with E-state index in [-0.39, 0.29) is 5.82 Å². The average Bonchev–Trinajstić information content (AvgIpc) is 2.68. The lowest BCUT2D eigenvalue weighted by Gasteiger charge is -2.15. The topological polar surface area (TPSA) is 29.9 Å². The second-order valence-electron chi connectivity index (χ2n) is 5.07. The van der Waals surface area contributed by atoms with Crippen molar-refractivity contribution in [3.8, 4) is 5.69 Å². The van der Waals surface area contributed by atoms with Crippen LogP contribution in [-0.2, 0) is 6.54 Å². The molecule has 0 radical (unpaired) electrons. The van der Waals surface area contributed by atoms with Gasteiger partial charge in [-0.05, 0) is 25.5 Å². The van der Waals surface area contributed by atoms with E-state index in [9.17, 15) is 4.39 Å². The summed E-state index contributed by atoms with van der Waals surface area (Å²) in [5.74, 6) is -0.219. The van der Waals surface area contributed by atoms with Crippen molar-refractivity contribution in [2.45, 2.75) is 40.3 Å². The first-order valence-electron chi connectivity index (χ1n) is 6.52. The van der Waals surface area contributed by atoms with E-state index in [1.54, 1.807) is 12.4 Å². The molecule has 1 aromatic heterocycles. The number of aromatic nitrogens is 2. The van der Waals surface area contributed by atoms with E-state index in [1.165, 1.54) is 6.07 Å². The van der Waals surface area contributed by atoms with Gasteiger partial charge in [-0.15, -0.1) is 0 Å². The number of benzene rings is 1. The Kier molecular flexibility index (Phi) is 4.00. The summed E-state index contributed by atoms with van der Waals surface area (Å²) in [5.41, 5.74) is 3.42. The predicted molar refractivity (Wildman–Crippen MR) is 75.0 cm³/mol. The smallest absolute Gasteiger partial charge is 0.147 e. The normalized spacial score (nSPS) is 11.3. The van der Waals surface area contributed by atoms with Crippen LogP contribution < -0.4 is 5.32 Å². The van der Waals surface area contributed by atoms with Crippen molar-refractivity contribution in [1.29, 1.82) is 0 Å². The van der Waals surface area contributed by atoms with Crippen molar-refractivity contribution in [2.75, 3.05) is 0 Å². The number of nitrogens with zero attached hydrogens (tertiary/aromatic N) is 2. The molecular weight excluding hydrogens is 241 g/mol. The molecule has 0 saturated carbocycles. The van der Waals surface area contributed by atoms with Gasteiger partial charge in [-0.2, -0.15) is 0 Å². The van der Waals surface area contributed by atoms with Crippen molar-refractivity contribution < 1.29 is 4.39 Å². The molecule has 2 aromatic rings. The first kappa shape index (κ1) is 13.7. The second-order valence-corrected chi connectivity index (χ2v) is 5.07. The maximum absolute atomic E-state index is 14.2. The van der Waals surface area contributed by atoms with Crippen LogP contribution in [0, 0.1) is 19.7 Å². The molecule has 0 bridgehead atoms. The Morgan fingerprint density at radius 2 is 2.05 bits per heavy atom. The Hall–Kier alpha value is -1.68. The van der Waals surface area contributed by atoms with Crippen LogP contribution in [0.4, 0.5) is 4.39 Å². The molecule has 0 aliphatic rings. The Balaban J connectivity index is 2.46. The van der Waals surface area contributed by atoms with Gasteiger partial charge in [0.05, 0.1) is 17.7 Å². The maximum atomic E-state index is 14.2. The first-order chi connectivity index (χ1) is 9.00. The lowest BCUT2D eigenvalue weighted by atomic mass is 10.1. The molecule has 0 aliphatic heterocycles. The van der Waals surface area contributed by atoms with Crippen LogP contribution in [-0.4, -0.2) is 15.6 Å². The van der Waals surface area contributed by atoms with E-state index in [0.717, 1.165) is 17.0 Å². The van der Waals surface area contributed by atoms with Gasteiger partial charge < -0.3 is 9.88 Å². The van der Waals surface area contributed by atoms with Gasteiger partial charge in [0.15, 0.2) is 0 Å². The average molecular weight is 261 g/mol. The summed E-state index contributed by atoms with van der Waals surface area (Å²) in [7, 11) is 0. The number of imidazole rings is 1. The van der Waals surface area contributed by atoms with Gasteiger partial charge in [0.1, 0.15) is 5.82 Å². The van der Waals surface area contributed by atoms with Crippen LogP contribution in [0.15, 0.2) is 24.5 Å². The fourth-order valence-corrected chi connectivity index (χ4v) is 2.01. The largest absolute Gasteiger partial charge is 0.310 e. The third-order valence-corrected chi connectivity index (χ3v) is 3.26. The molecule has 0 spiro atoms. The number of aryl methyl sites for hydroxylation is 1. The lowest BCUT2D eigenvalue weighted by Crippen LogP contribution is -2.23. The molecule has 1 N–H and O–H groups in total. The quantitative estimate of drug-likeness (QED) is 0.916. The predicted octanol–water partition coefficient (Wildman–Crippen LogP) is 3.13. The molecule has 0 saturated heterocycles. The minimum absolute atomic E-state index is 0.219. The minimum atomic E-state index is -0.219. The molecule has 0 aliphatic carbocycles. The summed E-state index contributed by atoms with van der Waals surface area (Å²) in [6.45, 7) is 8.67. The molecule has 19 heavy (non-hydrogen) atoms. The summed E-state index contributed by atoms with van der Waals surface area (Å²) in [4.78, 5) is 4.25. The third kappa shape index (κ3) is 2.84. The Morgan fingerprint density at radius 1 is 1.32 bits per heavy atom. The summed E-state index contributed by atoms with van der Waals surface area (Å²) in [5, 5.41) is 3.33. The van der Waals surface area contributed by atoms with Crippen molar-refractivity contribution in [1.82, 2.24) is 14.9 Å². The minimum Gasteiger partial charge on any atom is -0.310 e. The van der Waals surface area contributed by atoms with Crippen molar-refractivity contribution >= 4 is 0 Å². The highest BCUT2D eigenvalue weighted by molar-refractivity contribution is 5.44. The number of rotatable bonds is 4. The molecule has 102 valence electrons.